The van der Waals surface area contributed by atoms with Crippen molar-refractivity contribution >= 4 is 23.4 Å². The number of H-pyrrole nitrogens is 1. The number of imidazole rings is 1. The minimum Gasteiger partial charge on any atom is -0.445 e. The van der Waals surface area contributed by atoms with Gasteiger partial charge in [0, 0.05) is 5.56 Å². The van der Waals surface area contributed by atoms with Gasteiger partial charge < -0.3 is 15.0 Å². The Bertz CT molecular complexity index is 919. The van der Waals surface area contributed by atoms with Crippen molar-refractivity contribution in [3.05, 3.63) is 65.5 Å². The molecule has 2 aromatic carbocycles. The van der Waals surface area contributed by atoms with E-state index in [2.05, 4.69) is 29.1 Å². The first-order chi connectivity index (χ1) is 13.0. The molecule has 1 atom stereocenters. The molecule has 0 spiro atoms. The molecule has 27 heavy (non-hydrogen) atoms. The number of nitrogens with zero attached hydrogens (tertiary/aromatic N) is 1. The highest BCUT2D eigenvalue weighted by molar-refractivity contribution is 5.84. The van der Waals surface area contributed by atoms with E-state index in [1.807, 2.05) is 30.3 Å². The molecule has 0 aliphatic carbocycles. The van der Waals surface area contributed by atoms with Gasteiger partial charge in [0.25, 0.3) is 0 Å². The zero-order valence-electron chi connectivity index (χ0n) is 15.4. The lowest BCUT2D eigenvalue weighted by molar-refractivity contribution is 0.112. The first kappa shape index (κ1) is 18.6. The Morgan fingerprint density at radius 2 is 2.00 bits per heavy atom. The van der Waals surface area contributed by atoms with E-state index >= 15 is 0 Å². The Balaban J connectivity index is 1.73. The Labute approximate surface area is 158 Å². The fourth-order valence-electron chi connectivity index (χ4n) is 2.90. The maximum Gasteiger partial charge on any atom is 0.408 e. The number of rotatable bonds is 7. The van der Waals surface area contributed by atoms with Crippen LogP contribution in [0.4, 0.5) is 4.79 Å². The second-order valence-electron chi connectivity index (χ2n) is 6.90. The number of hydrogen-bond acceptors (Lipinski definition) is 4. The van der Waals surface area contributed by atoms with E-state index in [0.717, 1.165) is 22.9 Å². The van der Waals surface area contributed by atoms with Crippen LogP contribution in [0.1, 0.15) is 48.1 Å². The number of fused-ring (bicyclic) bond motifs is 1. The zero-order chi connectivity index (χ0) is 19.2. The molecule has 6 heteroatoms. The van der Waals surface area contributed by atoms with Gasteiger partial charge in [-0.05, 0) is 36.1 Å². The van der Waals surface area contributed by atoms with Crippen LogP contribution in [0.3, 0.4) is 0 Å². The molecule has 0 fully saturated rings. The SMILES string of the molecule is CC(C)C[C@@H](NC(=O)OCc1ccccc1)c1nc2ccc(C=O)cc2[nH]1. The van der Waals surface area contributed by atoms with Gasteiger partial charge in [0.05, 0.1) is 17.1 Å². The summed E-state index contributed by atoms with van der Waals surface area (Å²) in [6.45, 7) is 4.37. The first-order valence-electron chi connectivity index (χ1n) is 8.97. The summed E-state index contributed by atoms with van der Waals surface area (Å²) in [6.07, 6.45) is 1.02. The second kappa shape index (κ2) is 8.49. The molecule has 0 unspecified atom stereocenters. The first-order valence-corrected chi connectivity index (χ1v) is 8.97. The molecule has 0 bridgehead atoms. The predicted molar refractivity (Wildman–Crippen MR) is 103 cm³/mol. The topological polar surface area (TPSA) is 84.1 Å². The number of aromatic amines is 1. The summed E-state index contributed by atoms with van der Waals surface area (Å²) < 4.78 is 5.33. The molecule has 0 saturated carbocycles. The molecule has 6 nitrogen and oxygen atoms in total. The van der Waals surface area contributed by atoms with Gasteiger partial charge in [-0.15, -0.1) is 0 Å². The van der Waals surface area contributed by atoms with Crippen molar-refractivity contribution in [3.8, 4) is 0 Å². The average Bonchev–Trinajstić information content (AvgIpc) is 3.09. The second-order valence-corrected chi connectivity index (χ2v) is 6.90. The summed E-state index contributed by atoms with van der Waals surface area (Å²) in [5.74, 6) is 1.00. The van der Waals surface area contributed by atoms with Gasteiger partial charge in [0.1, 0.15) is 18.7 Å². The van der Waals surface area contributed by atoms with Crippen LogP contribution >= 0.6 is 0 Å². The number of ether oxygens (including phenoxy) is 1. The van der Waals surface area contributed by atoms with Gasteiger partial charge in [-0.1, -0.05) is 44.2 Å². The van der Waals surface area contributed by atoms with E-state index in [4.69, 9.17) is 4.74 Å². The van der Waals surface area contributed by atoms with E-state index in [-0.39, 0.29) is 12.6 Å². The summed E-state index contributed by atoms with van der Waals surface area (Å²) in [7, 11) is 0. The highest BCUT2D eigenvalue weighted by Gasteiger charge is 2.20. The molecule has 3 rings (SSSR count). The summed E-state index contributed by atoms with van der Waals surface area (Å²) in [5.41, 5.74) is 3.03. The molecular formula is C21H23N3O3. The van der Waals surface area contributed by atoms with Gasteiger partial charge in [0.15, 0.2) is 0 Å². The highest BCUT2D eigenvalue weighted by Crippen LogP contribution is 2.22. The lowest BCUT2D eigenvalue weighted by Gasteiger charge is -2.18. The number of hydrogen-bond donors (Lipinski definition) is 2. The van der Waals surface area contributed by atoms with Crippen LogP contribution in [0.2, 0.25) is 0 Å². The van der Waals surface area contributed by atoms with E-state index in [1.54, 1.807) is 18.2 Å². The molecule has 2 N–H and O–H groups in total. The van der Waals surface area contributed by atoms with Crippen LogP contribution < -0.4 is 5.32 Å². The zero-order valence-corrected chi connectivity index (χ0v) is 15.4. The number of benzene rings is 2. The van der Waals surface area contributed by atoms with Crippen molar-refractivity contribution in [1.82, 2.24) is 15.3 Å². The molecule has 1 amide bonds. The van der Waals surface area contributed by atoms with Crippen molar-refractivity contribution in [3.63, 3.8) is 0 Å². The summed E-state index contributed by atoms with van der Waals surface area (Å²) >= 11 is 0. The largest absolute Gasteiger partial charge is 0.445 e. The van der Waals surface area contributed by atoms with E-state index in [1.165, 1.54) is 0 Å². The van der Waals surface area contributed by atoms with E-state index in [9.17, 15) is 9.59 Å². The van der Waals surface area contributed by atoms with E-state index in [0.29, 0.717) is 23.7 Å². The molecule has 1 heterocycles. The molecule has 140 valence electrons. The maximum absolute atomic E-state index is 12.3. The van der Waals surface area contributed by atoms with Gasteiger partial charge in [-0.2, -0.15) is 0 Å². The monoisotopic (exact) mass is 365 g/mol. The molecule has 1 aromatic heterocycles. The van der Waals surface area contributed by atoms with Crippen molar-refractivity contribution in [2.75, 3.05) is 0 Å². The lowest BCUT2D eigenvalue weighted by Crippen LogP contribution is -2.30. The fourth-order valence-corrected chi connectivity index (χ4v) is 2.90. The van der Waals surface area contributed by atoms with E-state index < -0.39 is 6.09 Å². The third-order valence-electron chi connectivity index (χ3n) is 4.20. The minimum absolute atomic E-state index is 0.212. The number of carbonyl (C=O) groups is 2. The Morgan fingerprint density at radius 3 is 2.70 bits per heavy atom. The Morgan fingerprint density at radius 1 is 1.22 bits per heavy atom. The van der Waals surface area contributed by atoms with Crippen LogP contribution in [-0.4, -0.2) is 22.3 Å². The summed E-state index contributed by atoms with van der Waals surface area (Å²) in [5, 5.41) is 2.90. The van der Waals surface area contributed by atoms with Gasteiger partial charge in [0.2, 0.25) is 0 Å². The van der Waals surface area contributed by atoms with Crippen LogP contribution in [-0.2, 0) is 11.3 Å². The molecule has 0 aliphatic heterocycles. The standard InChI is InChI=1S/C21H23N3O3/c1-14(2)10-19(24-21(26)27-13-15-6-4-3-5-7-15)20-22-17-9-8-16(12-25)11-18(17)23-20/h3-9,11-12,14,19H,10,13H2,1-2H3,(H,22,23)(H,24,26)/t19-/m1/s1. The average molecular weight is 365 g/mol. The van der Waals surface area contributed by atoms with Gasteiger partial charge in [-0.3, -0.25) is 4.79 Å². The number of carbonyl (C=O) groups excluding carboxylic acids is 2. The van der Waals surface area contributed by atoms with Crippen molar-refractivity contribution in [2.45, 2.75) is 32.9 Å². The number of aldehydes is 1. The number of alkyl carbamates (subject to hydrolysis) is 1. The van der Waals surface area contributed by atoms with Crippen molar-refractivity contribution in [2.24, 2.45) is 5.92 Å². The summed E-state index contributed by atoms with van der Waals surface area (Å²) in [4.78, 5) is 31.0. The van der Waals surface area contributed by atoms with Crippen LogP contribution in [0.5, 0.6) is 0 Å². The Hall–Kier alpha value is -3.15. The molecular weight excluding hydrogens is 342 g/mol. The Kier molecular flexibility index (Phi) is 5.86. The molecule has 0 aliphatic rings. The van der Waals surface area contributed by atoms with Crippen LogP contribution in [0, 0.1) is 5.92 Å². The molecule has 0 radical (unpaired) electrons. The third kappa shape index (κ3) is 4.94. The quantitative estimate of drug-likeness (QED) is 0.608. The van der Waals surface area contributed by atoms with Crippen LogP contribution in [0.15, 0.2) is 48.5 Å². The van der Waals surface area contributed by atoms with Gasteiger partial charge >= 0.3 is 6.09 Å². The number of amides is 1. The number of nitrogens with one attached hydrogen (secondary N) is 2. The third-order valence-corrected chi connectivity index (χ3v) is 4.20. The smallest absolute Gasteiger partial charge is 0.408 e. The highest BCUT2D eigenvalue weighted by atomic mass is 16.5. The lowest BCUT2D eigenvalue weighted by atomic mass is 10.0. The molecule has 0 saturated heterocycles. The molecule has 3 aromatic rings. The maximum atomic E-state index is 12.3. The fraction of sp³-hybridized carbons (Fsp3) is 0.286. The minimum atomic E-state index is -0.487. The van der Waals surface area contributed by atoms with Crippen molar-refractivity contribution < 1.29 is 14.3 Å². The normalized spacial score (nSPS) is 12.1. The summed E-state index contributed by atoms with van der Waals surface area (Å²) in [6, 6.07) is 14.5. The predicted octanol–water partition coefficient (Wildman–Crippen LogP) is 4.39. The van der Waals surface area contributed by atoms with Gasteiger partial charge in [-0.25, -0.2) is 9.78 Å². The number of aromatic nitrogens is 2. The van der Waals surface area contributed by atoms with Crippen molar-refractivity contribution in [1.29, 1.82) is 0 Å². The van der Waals surface area contributed by atoms with Crippen LogP contribution in [0.25, 0.3) is 11.0 Å².